The highest BCUT2D eigenvalue weighted by molar-refractivity contribution is 5.85. The maximum atomic E-state index is 11.2. The number of nitrogens with one attached hydrogen (secondary N) is 1. The minimum atomic E-state index is -0.788. The lowest BCUT2D eigenvalue weighted by atomic mass is 9.88. The third-order valence-corrected chi connectivity index (χ3v) is 3.58. The topological polar surface area (TPSA) is 53.1 Å². The minimum absolute atomic E-state index is 0.0891. The van der Waals surface area contributed by atoms with E-state index in [1.54, 1.807) is 0 Å². The molecule has 1 aromatic heterocycles. The number of carboxylic acid groups (broad SMARTS) is 1. The van der Waals surface area contributed by atoms with Gasteiger partial charge in [-0.2, -0.15) is 0 Å². The molecule has 0 aliphatic carbocycles. The fourth-order valence-corrected chi connectivity index (χ4v) is 2.65. The van der Waals surface area contributed by atoms with Crippen molar-refractivity contribution in [3.8, 4) is 0 Å². The third-order valence-electron chi connectivity index (χ3n) is 3.58. The molecule has 20 heavy (non-hydrogen) atoms. The van der Waals surface area contributed by atoms with Crippen molar-refractivity contribution >= 4 is 16.9 Å². The van der Waals surface area contributed by atoms with Crippen LogP contribution in [0.25, 0.3) is 10.9 Å². The number of hydrogen-bond donors (Lipinski definition) is 2. The maximum Gasteiger partial charge on any atom is 0.304 e. The Balaban J connectivity index is 2.12. The molecule has 3 heteroatoms. The van der Waals surface area contributed by atoms with Gasteiger partial charge in [-0.25, -0.2) is 0 Å². The molecule has 1 unspecified atom stereocenters. The van der Waals surface area contributed by atoms with Crippen molar-refractivity contribution in [3.63, 3.8) is 0 Å². The Kier molecular flexibility index (Phi) is 3.25. The predicted octanol–water partition coefficient (Wildman–Crippen LogP) is 3.77. The Bertz CT molecular complexity index is 731. The Morgan fingerprint density at radius 3 is 2.50 bits per heavy atom. The number of aromatic nitrogens is 1. The lowest BCUT2D eigenvalue weighted by molar-refractivity contribution is -0.137. The average Bonchev–Trinajstić information content (AvgIpc) is 2.89. The van der Waals surface area contributed by atoms with Crippen LogP contribution in [0.15, 0.2) is 60.8 Å². The van der Waals surface area contributed by atoms with Gasteiger partial charge in [0.15, 0.2) is 0 Å². The number of hydrogen-bond acceptors (Lipinski definition) is 1. The van der Waals surface area contributed by atoms with Crippen LogP contribution in [-0.4, -0.2) is 16.1 Å². The van der Waals surface area contributed by atoms with Gasteiger partial charge in [0.05, 0.1) is 6.42 Å². The lowest BCUT2D eigenvalue weighted by Crippen LogP contribution is -2.07. The fraction of sp³-hybridized carbons (Fsp3) is 0.118. The van der Waals surface area contributed by atoms with E-state index in [9.17, 15) is 9.90 Å². The summed E-state index contributed by atoms with van der Waals surface area (Å²) in [6.45, 7) is 0. The van der Waals surface area contributed by atoms with E-state index in [0.717, 1.165) is 22.0 Å². The lowest BCUT2D eigenvalue weighted by Gasteiger charge is -2.15. The Morgan fingerprint density at radius 1 is 1.05 bits per heavy atom. The van der Waals surface area contributed by atoms with Crippen LogP contribution < -0.4 is 0 Å². The van der Waals surface area contributed by atoms with E-state index < -0.39 is 5.97 Å². The monoisotopic (exact) mass is 265 g/mol. The molecule has 0 radical (unpaired) electrons. The van der Waals surface area contributed by atoms with E-state index in [1.165, 1.54) is 0 Å². The molecule has 2 N–H and O–H groups in total. The Morgan fingerprint density at radius 2 is 1.75 bits per heavy atom. The van der Waals surface area contributed by atoms with Crippen LogP contribution >= 0.6 is 0 Å². The Hall–Kier alpha value is -2.55. The summed E-state index contributed by atoms with van der Waals surface area (Å²) in [4.78, 5) is 14.4. The number of benzene rings is 2. The molecular weight excluding hydrogens is 250 g/mol. The number of carboxylic acids is 1. The minimum Gasteiger partial charge on any atom is -0.481 e. The number of H-pyrrole nitrogens is 1. The van der Waals surface area contributed by atoms with Gasteiger partial charge in [-0.05, 0) is 17.2 Å². The molecule has 3 aromatic rings. The van der Waals surface area contributed by atoms with Crippen molar-refractivity contribution in [1.29, 1.82) is 0 Å². The molecule has 0 aliphatic heterocycles. The first-order valence-electron chi connectivity index (χ1n) is 6.58. The summed E-state index contributed by atoms with van der Waals surface area (Å²) < 4.78 is 0. The van der Waals surface area contributed by atoms with Crippen LogP contribution in [0, 0.1) is 0 Å². The van der Waals surface area contributed by atoms with Crippen molar-refractivity contribution in [2.45, 2.75) is 12.3 Å². The second-order valence-electron chi connectivity index (χ2n) is 4.85. The van der Waals surface area contributed by atoms with Gasteiger partial charge in [0.25, 0.3) is 0 Å². The summed E-state index contributed by atoms with van der Waals surface area (Å²) in [5, 5.41) is 10.3. The van der Waals surface area contributed by atoms with Crippen LogP contribution in [0.3, 0.4) is 0 Å². The van der Waals surface area contributed by atoms with Crippen LogP contribution in [0.4, 0.5) is 0 Å². The van der Waals surface area contributed by atoms with E-state index >= 15 is 0 Å². The number of para-hydroxylation sites is 1. The van der Waals surface area contributed by atoms with Gasteiger partial charge < -0.3 is 10.1 Å². The number of rotatable bonds is 4. The molecule has 3 rings (SSSR count). The number of aliphatic carboxylic acids is 1. The highest BCUT2D eigenvalue weighted by Crippen LogP contribution is 2.33. The van der Waals surface area contributed by atoms with E-state index in [1.807, 2.05) is 60.8 Å². The van der Waals surface area contributed by atoms with Gasteiger partial charge in [0, 0.05) is 23.0 Å². The van der Waals surface area contributed by atoms with Gasteiger partial charge in [-0.15, -0.1) is 0 Å². The van der Waals surface area contributed by atoms with E-state index in [-0.39, 0.29) is 12.3 Å². The molecule has 1 heterocycles. The molecular formula is C17H15NO2. The van der Waals surface area contributed by atoms with Crippen LogP contribution in [-0.2, 0) is 4.79 Å². The summed E-state index contributed by atoms with van der Waals surface area (Å²) in [6, 6.07) is 17.8. The van der Waals surface area contributed by atoms with Gasteiger partial charge in [0.2, 0.25) is 0 Å². The summed E-state index contributed by atoms with van der Waals surface area (Å²) >= 11 is 0. The first-order chi connectivity index (χ1) is 9.75. The third kappa shape index (κ3) is 2.30. The normalized spacial score (nSPS) is 12.4. The zero-order valence-corrected chi connectivity index (χ0v) is 10.9. The molecule has 0 amide bonds. The quantitative estimate of drug-likeness (QED) is 0.754. The number of aromatic amines is 1. The van der Waals surface area contributed by atoms with E-state index in [2.05, 4.69) is 4.98 Å². The standard InChI is InChI=1S/C17H15NO2/c19-17(20)10-14(12-6-2-1-3-7-12)15-11-18-16-9-5-4-8-13(15)16/h1-9,11,14,18H,10H2,(H,19,20). The molecule has 0 fully saturated rings. The molecule has 0 bridgehead atoms. The zero-order valence-electron chi connectivity index (χ0n) is 10.9. The van der Waals surface area contributed by atoms with E-state index in [0.29, 0.717) is 0 Å². The highest BCUT2D eigenvalue weighted by atomic mass is 16.4. The zero-order chi connectivity index (χ0) is 13.9. The van der Waals surface area contributed by atoms with Gasteiger partial charge in [0.1, 0.15) is 0 Å². The summed E-state index contributed by atoms with van der Waals surface area (Å²) in [5.41, 5.74) is 3.10. The smallest absolute Gasteiger partial charge is 0.304 e. The molecule has 0 spiro atoms. The molecule has 2 aromatic carbocycles. The molecule has 0 saturated carbocycles. The summed E-state index contributed by atoms with van der Waals surface area (Å²) in [7, 11) is 0. The van der Waals surface area contributed by atoms with E-state index in [4.69, 9.17) is 0 Å². The van der Waals surface area contributed by atoms with Crippen molar-refractivity contribution < 1.29 is 9.90 Å². The summed E-state index contributed by atoms with van der Waals surface area (Å²) in [6.07, 6.45) is 2.01. The van der Waals surface area contributed by atoms with Gasteiger partial charge in [-0.1, -0.05) is 48.5 Å². The molecule has 0 saturated heterocycles. The van der Waals surface area contributed by atoms with Crippen molar-refractivity contribution in [1.82, 2.24) is 4.98 Å². The number of carbonyl (C=O) groups is 1. The first kappa shape index (κ1) is 12.5. The highest BCUT2D eigenvalue weighted by Gasteiger charge is 2.20. The fourth-order valence-electron chi connectivity index (χ4n) is 2.65. The van der Waals surface area contributed by atoms with Crippen LogP contribution in [0.5, 0.6) is 0 Å². The molecule has 0 aliphatic rings. The molecule has 1 atom stereocenters. The Labute approximate surface area is 116 Å². The first-order valence-corrected chi connectivity index (χ1v) is 6.58. The van der Waals surface area contributed by atoms with Crippen molar-refractivity contribution in [2.24, 2.45) is 0 Å². The average molecular weight is 265 g/mol. The summed E-state index contributed by atoms with van der Waals surface area (Å²) in [5.74, 6) is -0.922. The van der Waals surface area contributed by atoms with Crippen molar-refractivity contribution in [3.05, 3.63) is 71.9 Å². The predicted molar refractivity (Wildman–Crippen MR) is 78.8 cm³/mol. The van der Waals surface area contributed by atoms with Gasteiger partial charge >= 0.3 is 5.97 Å². The van der Waals surface area contributed by atoms with Crippen LogP contribution in [0.2, 0.25) is 0 Å². The second kappa shape index (κ2) is 5.21. The largest absolute Gasteiger partial charge is 0.481 e. The SMILES string of the molecule is O=C(O)CC(c1ccccc1)c1c[nH]c2ccccc12. The number of fused-ring (bicyclic) bond motifs is 1. The van der Waals surface area contributed by atoms with Gasteiger partial charge in [-0.3, -0.25) is 4.79 Å². The molecule has 100 valence electrons. The molecule has 3 nitrogen and oxygen atoms in total. The van der Waals surface area contributed by atoms with Crippen LogP contribution in [0.1, 0.15) is 23.5 Å². The maximum absolute atomic E-state index is 11.2. The van der Waals surface area contributed by atoms with Crippen molar-refractivity contribution in [2.75, 3.05) is 0 Å². The second-order valence-corrected chi connectivity index (χ2v) is 4.85.